The van der Waals surface area contributed by atoms with Gasteiger partial charge in [0.15, 0.2) is 0 Å². The third-order valence-corrected chi connectivity index (χ3v) is 3.70. The number of hydrazine groups is 1. The molecule has 0 fully saturated rings. The fourth-order valence-corrected chi connectivity index (χ4v) is 2.60. The van der Waals surface area contributed by atoms with Gasteiger partial charge in [-0.05, 0) is 62.9 Å². The molecule has 0 spiro atoms. The van der Waals surface area contributed by atoms with Crippen molar-refractivity contribution in [1.82, 2.24) is 10.9 Å². The normalized spacial score (nSPS) is 11.3. The van der Waals surface area contributed by atoms with Crippen LogP contribution >= 0.6 is 0 Å². The van der Waals surface area contributed by atoms with E-state index < -0.39 is 5.41 Å². The number of amides is 1. The Balaban J connectivity index is 3.43. The Morgan fingerprint density at radius 1 is 1.21 bits per heavy atom. The SMILES string of the molecule is CNNC(=O)C(C)(C)c1c(C)cc(OC)c(C)c1C. The van der Waals surface area contributed by atoms with E-state index in [-0.39, 0.29) is 5.91 Å². The summed E-state index contributed by atoms with van der Waals surface area (Å²) in [7, 11) is 3.35. The summed E-state index contributed by atoms with van der Waals surface area (Å²) >= 11 is 0. The molecule has 0 heterocycles. The minimum absolute atomic E-state index is 0.0502. The fraction of sp³-hybridized carbons (Fsp3) is 0.533. The van der Waals surface area contributed by atoms with Crippen molar-refractivity contribution in [3.63, 3.8) is 0 Å². The zero-order chi connectivity index (χ0) is 14.8. The average Bonchev–Trinajstić information content (AvgIpc) is 2.33. The number of carbonyl (C=O) groups excluding carboxylic acids is 1. The molecule has 2 N–H and O–H groups in total. The van der Waals surface area contributed by atoms with Gasteiger partial charge in [0.2, 0.25) is 5.91 Å². The van der Waals surface area contributed by atoms with E-state index in [1.807, 2.05) is 40.7 Å². The molecule has 0 aromatic heterocycles. The third-order valence-electron chi connectivity index (χ3n) is 3.70. The van der Waals surface area contributed by atoms with Gasteiger partial charge >= 0.3 is 0 Å². The summed E-state index contributed by atoms with van der Waals surface area (Å²) in [6, 6.07) is 1.99. The van der Waals surface area contributed by atoms with Gasteiger partial charge in [0.1, 0.15) is 5.75 Å². The Morgan fingerprint density at radius 3 is 2.26 bits per heavy atom. The molecule has 0 aliphatic rings. The molecule has 1 rings (SSSR count). The van der Waals surface area contributed by atoms with E-state index in [4.69, 9.17) is 4.74 Å². The second-order valence-corrected chi connectivity index (χ2v) is 5.35. The van der Waals surface area contributed by atoms with Crippen molar-refractivity contribution in [3.8, 4) is 5.75 Å². The van der Waals surface area contributed by atoms with Gasteiger partial charge < -0.3 is 4.74 Å². The summed E-state index contributed by atoms with van der Waals surface area (Å²) in [4.78, 5) is 12.2. The number of hydrogen-bond acceptors (Lipinski definition) is 3. The van der Waals surface area contributed by atoms with E-state index in [0.29, 0.717) is 0 Å². The summed E-state index contributed by atoms with van der Waals surface area (Å²) in [6.45, 7) is 9.93. The molecule has 1 aromatic rings. The van der Waals surface area contributed by atoms with Gasteiger partial charge in [-0.15, -0.1) is 0 Å². The maximum Gasteiger partial charge on any atom is 0.244 e. The largest absolute Gasteiger partial charge is 0.496 e. The van der Waals surface area contributed by atoms with Crippen molar-refractivity contribution in [2.24, 2.45) is 0 Å². The van der Waals surface area contributed by atoms with Crippen molar-refractivity contribution in [2.75, 3.05) is 14.2 Å². The molecule has 0 bridgehead atoms. The summed E-state index contributed by atoms with van der Waals surface area (Å²) in [5.41, 5.74) is 9.06. The maximum absolute atomic E-state index is 12.2. The van der Waals surface area contributed by atoms with Crippen LogP contribution < -0.4 is 15.6 Å². The lowest BCUT2D eigenvalue weighted by molar-refractivity contribution is -0.126. The van der Waals surface area contributed by atoms with E-state index in [2.05, 4.69) is 10.9 Å². The van der Waals surface area contributed by atoms with Crippen LogP contribution in [-0.4, -0.2) is 20.1 Å². The van der Waals surface area contributed by atoms with Crippen LogP contribution in [0.4, 0.5) is 0 Å². The highest BCUT2D eigenvalue weighted by molar-refractivity contribution is 5.88. The summed E-state index contributed by atoms with van der Waals surface area (Å²) < 4.78 is 5.37. The van der Waals surface area contributed by atoms with Gasteiger partial charge in [-0.1, -0.05) is 0 Å². The Morgan fingerprint density at radius 2 is 1.79 bits per heavy atom. The number of carbonyl (C=O) groups is 1. The van der Waals surface area contributed by atoms with Gasteiger partial charge in [-0.2, -0.15) is 0 Å². The van der Waals surface area contributed by atoms with Gasteiger partial charge in [0.05, 0.1) is 12.5 Å². The summed E-state index contributed by atoms with van der Waals surface area (Å²) in [5.74, 6) is 0.814. The van der Waals surface area contributed by atoms with Crippen LogP contribution in [0.25, 0.3) is 0 Å². The number of benzene rings is 1. The molecule has 19 heavy (non-hydrogen) atoms. The summed E-state index contributed by atoms with van der Waals surface area (Å²) in [6.07, 6.45) is 0. The Labute approximate surface area is 115 Å². The minimum atomic E-state index is -0.603. The molecule has 4 heteroatoms. The van der Waals surface area contributed by atoms with Gasteiger partial charge in [-0.3, -0.25) is 10.2 Å². The predicted octanol–water partition coefficient (Wildman–Crippen LogP) is 2.15. The zero-order valence-corrected chi connectivity index (χ0v) is 12.9. The van der Waals surface area contributed by atoms with E-state index in [0.717, 1.165) is 28.0 Å². The van der Waals surface area contributed by atoms with Crippen LogP contribution in [0.1, 0.15) is 36.1 Å². The first-order valence-corrected chi connectivity index (χ1v) is 6.39. The van der Waals surface area contributed by atoms with Crippen molar-refractivity contribution >= 4 is 5.91 Å². The Kier molecular flexibility index (Phi) is 4.58. The molecule has 0 unspecified atom stereocenters. The van der Waals surface area contributed by atoms with E-state index >= 15 is 0 Å². The standard InChI is InChI=1S/C15H24N2O2/c1-9-8-12(19-7)10(2)11(3)13(9)15(4,5)14(18)17-16-6/h8,16H,1-7H3,(H,17,18). The number of methoxy groups -OCH3 is 1. The van der Waals surface area contributed by atoms with Crippen LogP contribution in [0.5, 0.6) is 5.75 Å². The van der Waals surface area contributed by atoms with Crippen LogP contribution in [0.2, 0.25) is 0 Å². The molecule has 1 amide bonds. The van der Waals surface area contributed by atoms with E-state index in [1.165, 1.54) is 0 Å². The van der Waals surface area contributed by atoms with Gasteiger partial charge in [0.25, 0.3) is 0 Å². The summed E-state index contributed by atoms with van der Waals surface area (Å²) in [5, 5.41) is 0. The maximum atomic E-state index is 12.2. The van der Waals surface area contributed by atoms with Crippen LogP contribution in [0.3, 0.4) is 0 Å². The number of nitrogens with one attached hydrogen (secondary N) is 2. The Bertz CT molecular complexity index is 493. The molecule has 0 aliphatic heterocycles. The zero-order valence-electron chi connectivity index (χ0n) is 12.9. The second kappa shape index (κ2) is 5.61. The molecule has 0 saturated heterocycles. The first kappa shape index (κ1) is 15.5. The number of ether oxygens (including phenoxy) is 1. The Hall–Kier alpha value is -1.55. The van der Waals surface area contributed by atoms with Crippen LogP contribution in [0.15, 0.2) is 6.07 Å². The first-order chi connectivity index (χ1) is 8.77. The quantitative estimate of drug-likeness (QED) is 0.819. The molecule has 0 atom stereocenters. The number of hydrogen-bond donors (Lipinski definition) is 2. The minimum Gasteiger partial charge on any atom is -0.496 e. The highest BCUT2D eigenvalue weighted by atomic mass is 16.5. The van der Waals surface area contributed by atoms with Gasteiger partial charge in [0, 0.05) is 7.05 Å². The lowest BCUT2D eigenvalue weighted by atomic mass is 9.77. The van der Waals surface area contributed by atoms with Crippen LogP contribution in [0, 0.1) is 20.8 Å². The van der Waals surface area contributed by atoms with Crippen LogP contribution in [-0.2, 0) is 10.2 Å². The van der Waals surface area contributed by atoms with Crippen molar-refractivity contribution in [1.29, 1.82) is 0 Å². The monoisotopic (exact) mass is 264 g/mol. The highest BCUT2D eigenvalue weighted by Crippen LogP contribution is 2.35. The topological polar surface area (TPSA) is 50.4 Å². The molecule has 1 aromatic carbocycles. The van der Waals surface area contributed by atoms with Crippen molar-refractivity contribution in [2.45, 2.75) is 40.0 Å². The molecule has 4 nitrogen and oxygen atoms in total. The molecular weight excluding hydrogens is 240 g/mol. The molecule has 106 valence electrons. The van der Waals surface area contributed by atoms with E-state index in [1.54, 1.807) is 14.2 Å². The lowest BCUT2D eigenvalue weighted by Gasteiger charge is -2.29. The third kappa shape index (κ3) is 2.73. The predicted molar refractivity (Wildman–Crippen MR) is 77.4 cm³/mol. The van der Waals surface area contributed by atoms with Crippen molar-refractivity contribution < 1.29 is 9.53 Å². The van der Waals surface area contributed by atoms with Gasteiger partial charge in [-0.25, -0.2) is 5.43 Å². The molecule has 0 radical (unpaired) electrons. The molecule has 0 saturated carbocycles. The average molecular weight is 264 g/mol. The lowest BCUT2D eigenvalue weighted by Crippen LogP contribution is -2.46. The van der Waals surface area contributed by atoms with E-state index in [9.17, 15) is 4.79 Å². The smallest absolute Gasteiger partial charge is 0.244 e. The number of rotatable bonds is 4. The fourth-order valence-electron chi connectivity index (χ4n) is 2.60. The first-order valence-electron chi connectivity index (χ1n) is 6.39. The highest BCUT2D eigenvalue weighted by Gasteiger charge is 2.33. The molecule has 0 aliphatic carbocycles. The second-order valence-electron chi connectivity index (χ2n) is 5.35. The van der Waals surface area contributed by atoms with Crippen molar-refractivity contribution in [3.05, 3.63) is 28.3 Å². The molecular formula is C15H24N2O2. The number of aryl methyl sites for hydroxylation is 1.